The Morgan fingerprint density at radius 1 is 1.19 bits per heavy atom. The first-order valence-corrected chi connectivity index (χ1v) is 15.6. The van der Waals surface area contributed by atoms with Crippen molar-refractivity contribution in [1.82, 2.24) is 24.3 Å². The second-order valence-electron chi connectivity index (χ2n) is 10.9. The molecule has 1 N–H and O–H groups in total. The number of carboxylic acids is 1. The Morgan fingerprint density at radius 3 is 2.81 bits per heavy atom. The van der Waals surface area contributed by atoms with E-state index in [1.165, 1.54) is 4.31 Å². The Kier molecular flexibility index (Phi) is 7.46. The van der Waals surface area contributed by atoms with Crippen molar-refractivity contribution in [2.24, 2.45) is 0 Å². The molecule has 0 saturated carbocycles. The summed E-state index contributed by atoms with van der Waals surface area (Å²) in [6, 6.07) is 12.8. The third kappa shape index (κ3) is 4.93. The third-order valence-electron chi connectivity index (χ3n) is 8.44. The summed E-state index contributed by atoms with van der Waals surface area (Å²) in [7, 11) is -3.87. The van der Waals surface area contributed by atoms with E-state index in [2.05, 4.69) is 15.3 Å². The Morgan fingerprint density at radius 2 is 2.02 bits per heavy atom. The van der Waals surface area contributed by atoms with E-state index in [9.17, 15) is 18.3 Å². The fourth-order valence-electron chi connectivity index (χ4n) is 6.15. The van der Waals surface area contributed by atoms with Crippen molar-refractivity contribution in [3.05, 3.63) is 76.5 Å². The van der Waals surface area contributed by atoms with Gasteiger partial charge < -0.3 is 14.7 Å². The van der Waals surface area contributed by atoms with E-state index in [1.54, 1.807) is 18.3 Å². The largest absolute Gasteiger partial charge is 0.481 e. The number of nitrogens with zero attached hydrogens (tertiary/aromatic N) is 6. The van der Waals surface area contributed by atoms with Gasteiger partial charge in [0.2, 0.25) is 10.0 Å². The summed E-state index contributed by atoms with van der Waals surface area (Å²) in [5.41, 5.74) is 5.95. The number of morpholine rings is 1. The molecule has 4 heterocycles. The third-order valence-corrected chi connectivity index (χ3v) is 10.3. The molecular formula is C30H34N6O5S. The van der Waals surface area contributed by atoms with Crippen LogP contribution in [0.3, 0.4) is 0 Å². The van der Waals surface area contributed by atoms with Crippen molar-refractivity contribution in [3.8, 4) is 0 Å². The van der Waals surface area contributed by atoms with Crippen LogP contribution in [-0.2, 0) is 32.6 Å². The standard InChI is InChI=1S/C30H34N6O5S/c1-4-36-26-10-9-24(20(3)29(26)32-33-36)25(15-28(37)38)21-8-7-19(2)22(14-21)16-34-17-23-18-41-13-12-35(23)30-27(42(34,39)40)6-5-11-31-30/h5-11,14,23,25H,4,12-13,15-18H2,1-3H3,(H,37,38)/t23-,25-/m1/s1. The average molecular weight is 591 g/mol. The molecule has 220 valence electrons. The number of pyridine rings is 1. The molecule has 0 spiro atoms. The summed E-state index contributed by atoms with van der Waals surface area (Å²) in [6.07, 6.45) is 1.50. The molecular weight excluding hydrogens is 556 g/mol. The molecule has 1 saturated heterocycles. The first kappa shape index (κ1) is 28.3. The summed E-state index contributed by atoms with van der Waals surface area (Å²) in [5, 5.41) is 18.5. The van der Waals surface area contributed by atoms with Crippen LogP contribution in [0.1, 0.15) is 47.1 Å². The van der Waals surface area contributed by atoms with E-state index >= 15 is 0 Å². The molecule has 6 rings (SSSR count). The predicted octanol–water partition coefficient (Wildman–Crippen LogP) is 3.48. The molecule has 2 aliphatic heterocycles. The maximum atomic E-state index is 14.0. The maximum absolute atomic E-state index is 14.0. The average Bonchev–Trinajstić information content (AvgIpc) is 3.38. The number of carbonyl (C=O) groups is 1. The van der Waals surface area contributed by atoms with Crippen molar-refractivity contribution >= 4 is 32.8 Å². The van der Waals surface area contributed by atoms with Gasteiger partial charge in [-0.3, -0.25) is 4.79 Å². The second kappa shape index (κ2) is 11.1. The molecule has 0 bridgehead atoms. The van der Waals surface area contributed by atoms with Gasteiger partial charge in [0.15, 0.2) is 0 Å². The fourth-order valence-corrected chi connectivity index (χ4v) is 7.76. The highest BCUT2D eigenvalue weighted by Gasteiger charge is 2.39. The Labute approximate surface area is 244 Å². The maximum Gasteiger partial charge on any atom is 0.304 e. The smallest absolute Gasteiger partial charge is 0.304 e. The summed E-state index contributed by atoms with van der Waals surface area (Å²) < 4.78 is 37.0. The van der Waals surface area contributed by atoms with E-state index in [0.29, 0.717) is 32.1 Å². The number of aryl methyl sites for hydroxylation is 3. The van der Waals surface area contributed by atoms with Gasteiger partial charge in [0.25, 0.3) is 0 Å². The lowest BCUT2D eigenvalue weighted by Gasteiger charge is -2.36. The molecule has 0 amide bonds. The van der Waals surface area contributed by atoms with Gasteiger partial charge in [-0.25, -0.2) is 18.1 Å². The highest BCUT2D eigenvalue weighted by Crippen LogP contribution is 2.36. The molecule has 12 heteroatoms. The Bertz CT molecular complexity index is 1770. The topological polar surface area (TPSA) is 131 Å². The summed E-state index contributed by atoms with van der Waals surface area (Å²) in [5.74, 6) is -0.910. The Balaban J connectivity index is 1.40. The molecule has 1 fully saturated rings. The van der Waals surface area contributed by atoms with Gasteiger partial charge in [-0.15, -0.1) is 5.10 Å². The molecule has 42 heavy (non-hydrogen) atoms. The van der Waals surface area contributed by atoms with Crippen molar-refractivity contribution in [3.63, 3.8) is 0 Å². The second-order valence-corrected chi connectivity index (χ2v) is 12.8. The van der Waals surface area contributed by atoms with Crippen molar-refractivity contribution in [1.29, 1.82) is 0 Å². The van der Waals surface area contributed by atoms with Crippen molar-refractivity contribution in [2.75, 3.05) is 31.2 Å². The minimum atomic E-state index is -3.87. The number of hydrogen-bond acceptors (Lipinski definition) is 8. The van der Waals surface area contributed by atoms with Gasteiger partial charge in [0, 0.05) is 38.3 Å². The van der Waals surface area contributed by atoms with E-state index in [-0.39, 0.29) is 30.4 Å². The lowest BCUT2D eigenvalue weighted by molar-refractivity contribution is -0.137. The number of hydrogen-bond donors (Lipinski definition) is 1. The van der Waals surface area contributed by atoms with Gasteiger partial charge in [-0.2, -0.15) is 4.31 Å². The van der Waals surface area contributed by atoms with E-state index < -0.39 is 21.9 Å². The summed E-state index contributed by atoms with van der Waals surface area (Å²) in [6.45, 7) is 8.46. The summed E-state index contributed by atoms with van der Waals surface area (Å²) in [4.78, 5) is 18.8. The molecule has 0 radical (unpaired) electrons. The van der Waals surface area contributed by atoms with Crippen LogP contribution >= 0.6 is 0 Å². The van der Waals surface area contributed by atoms with E-state index in [4.69, 9.17) is 4.74 Å². The van der Waals surface area contributed by atoms with Crippen molar-refractivity contribution < 1.29 is 23.1 Å². The van der Waals surface area contributed by atoms with E-state index in [0.717, 1.165) is 38.9 Å². The van der Waals surface area contributed by atoms with Crippen LogP contribution in [0.5, 0.6) is 0 Å². The number of aromatic nitrogens is 4. The molecule has 0 aliphatic carbocycles. The molecule has 2 aromatic heterocycles. The highest BCUT2D eigenvalue weighted by atomic mass is 32.2. The van der Waals surface area contributed by atoms with Gasteiger partial charge in [-0.05, 0) is 66.8 Å². The molecule has 0 unspecified atom stereocenters. The SMILES string of the molecule is CCn1nnc2c(C)c([C@H](CC(=O)O)c3ccc(C)c(CN4C[C@@H]5COCCN5c5ncccc5S4(=O)=O)c3)ccc21. The van der Waals surface area contributed by atoms with Crippen LogP contribution in [0.25, 0.3) is 11.0 Å². The molecule has 2 aromatic carbocycles. The van der Waals surface area contributed by atoms with Crippen LogP contribution in [-0.4, -0.2) is 76.1 Å². The van der Waals surface area contributed by atoms with Gasteiger partial charge in [0.1, 0.15) is 16.2 Å². The van der Waals surface area contributed by atoms with Crippen molar-refractivity contribution in [2.45, 2.75) is 57.1 Å². The zero-order chi connectivity index (χ0) is 29.6. The Hall–Kier alpha value is -3.87. The van der Waals surface area contributed by atoms with Crippen LogP contribution < -0.4 is 4.90 Å². The number of ether oxygens (including phenoxy) is 1. The van der Waals surface area contributed by atoms with E-state index in [1.807, 2.05) is 60.7 Å². The highest BCUT2D eigenvalue weighted by molar-refractivity contribution is 7.89. The molecule has 4 aromatic rings. The van der Waals surface area contributed by atoms with Crippen LogP contribution in [0.2, 0.25) is 0 Å². The monoisotopic (exact) mass is 590 g/mol. The molecule has 2 atom stereocenters. The van der Waals surface area contributed by atoms with Crippen LogP contribution in [0.4, 0.5) is 5.82 Å². The number of sulfonamides is 1. The molecule has 2 aliphatic rings. The summed E-state index contributed by atoms with van der Waals surface area (Å²) >= 11 is 0. The number of rotatable bonds is 7. The zero-order valence-corrected chi connectivity index (χ0v) is 24.7. The normalized spacial score (nSPS) is 19.2. The number of fused-ring (bicyclic) bond motifs is 4. The first-order valence-electron chi connectivity index (χ1n) is 14.1. The number of benzene rings is 2. The van der Waals surface area contributed by atoms with Gasteiger partial charge in [0.05, 0.1) is 31.2 Å². The number of anilines is 1. The zero-order valence-electron chi connectivity index (χ0n) is 23.9. The lowest BCUT2D eigenvalue weighted by atomic mass is 9.84. The minimum Gasteiger partial charge on any atom is -0.481 e. The van der Waals surface area contributed by atoms with Crippen LogP contribution in [0, 0.1) is 13.8 Å². The quantitative estimate of drug-likeness (QED) is 0.344. The predicted molar refractivity (Wildman–Crippen MR) is 157 cm³/mol. The molecule has 11 nitrogen and oxygen atoms in total. The lowest BCUT2D eigenvalue weighted by Crippen LogP contribution is -2.50. The number of aliphatic carboxylic acids is 1. The number of carboxylic acid groups (broad SMARTS) is 1. The fraction of sp³-hybridized carbons (Fsp3) is 0.400. The first-order chi connectivity index (χ1) is 20.2. The van der Waals surface area contributed by atoms with Gasteiger partial charge in [-0.1, -0.05) is 29.5 Å². The minimum absolute atomic E-state index is 0.119. The van der Waals surface area contributed by atoms with Gasteiger partial charge >= 0.3 is 5.97 Å². The van der Waals surface area contributed by atoms with Crippen LogP contribution in [0.15, 0.2) is 53.6 Å².